The number of carbonyl (C=O) groups is 3. The third kappa shape index (κ3) is 6.08. The summed E-state index contributed by atoms with van der Waals surface area (Å²) in [6.07, 6.45) is 1.80. The highest BCUT2D eigenvalue weighted by Crippen LogP contribution is 2.06. The molecule has 4 N–H and O–H groups in total. The fraction of sp³-hybridized carbons (Fsp3) is 0.750. The van der Waals surface area contributed by atoms with E-state index in [-0.39, 0.29) is 30.3 Å². The highest BCUT2D eigenvalue weighted by Gasteiger charge is 2.20. The van der Waals surface area contributed by atoms with Gasteiger partial charge in [0, 0.05) is 32.0 Å². The first kappa shape index (κ1) is 15.3. The smallest absolute Gasteiger partial charge is 0.315 e. The minimum atomic E-state index is -0.857. The van der Waals surface area contributed by atoms with Crippen LogP contribution in [0, 0.1) is 5.92 Å². The number of hydrogen-bond donors (Lipinski definition) is 4. The monoisotopic (exact) mass is 271 g/mol. The summed E-state index contributed by atoms with van der Waals surface area (Å²) in [5, 5.41) is 16.8. The topological polar surface area (TPSA) is 108 Å². The maximum absolute atomic E-state index is 11.6. The Morgan fingerprint density at radius 3 is 2.79 bits per heavy atom. The summed E-state index contributed by atoms with van der Waals surface area (Å²) in [5.41, 5.74) is 0. The lowest BCUT2D eigenvalue weighted by Crippen LogP contribution is -2.51. The third-order valence-corrected chi connectivity index (χ3v) is 3.19. The number of piperidine rings is 1. The molecule has 19 heavy (non-hydrogen) atoms. The van der Waals surface area contributed by atoms with Crippen LogP contribution in [-0.2, 0) is 9.59 Å². The summed E-state index contributed by atoms with van der Waals surface area (Å²) in [6, 6.07) is -0.373. The molecule has 0 bridgehead atoms. The Kier molecular flexibility index (Phi) is 6.11. The molecule has 0 radical (unpaired) electrons. The van der Waals surface area contributed by atoms with E-state index in [4.69, 9.17) is 5.11 Å². The van der Waals surface area contributed by atoms with Gasteiger partial charge in [-0.2, -0.15) is 0 Å². The van der Waals surface area contributed by atoms with Gasteiger partial charge in [-0.25, -0.2) is 4.79 Å². The normalized spacial score (nSPS) is 20.3. The molecule has 1 rings (SSSR count). The van der Waals surface area contributed by atoms with Gasteiger partial charge in [-0.05, 0) is 12.3 Å². The summed E-state index contributed by atoms with van der Waals surface area (Å²) in [5.74, 6) is -0.913. The van der Waals surface area contributed by atoms with Gasteiger partial charge in [-0.15, -0.1) is 0 Å². The molecular formula is C12H21N3O4. The quantitative estimate of drug-likeness (QED) is 0.548. The Hall–Kier alpha value is -1.79. The molecule has 2 unspecified atom stereocenters. The van der Waals surface area contributed by atoms with Crippen molar-refractivity contribution in [3.8, 4) is 0 Å². The van der Waals surface area contributed by atoms with Gasteiger partial charge in [-0.1, -0.05) is 13.3 Å². The molecule has 108 valence electrons. The number of rotatable bonds is 6. The number of hydrogen-bond acceptors (Lipinski definition) is 3. The van der Waals surface area contributed by atoms with Crippen molar-refractivity contribution in [1.82, 2.24) is 16.0 Å². The molecule has 0 saturated carbocycles. The highest BCUT2D eigenvalue weighted by atomic mass is 16.4. The van der Waals surface area contributed by atoms with E-state index in [9.17, 15) is 14.4 Å². The van der Waals surface area contributed by atoms with Crippen molar-refractivity contribution in [2.24, 2.45) is 5.92 Å². The summed E-state index contributed by atoms with van der Waals surface area (Å²) in [4.78, 5) is 33.2. The van der Waals surface area contributed by atoms with Crippen LogP contribution in [-0.4, -0.2) is 42.1 Å². The van der Waals surface area contributed by atoms with Crippen molar-refractivity contribution in [3.63, 3.8) is 0 Å². The standard InChI is InChI=1S/C12H21N3O4/c1-2-8(5-11(17)18)6-14-12(19)15-9-3-4-10(16)13-7-9/h8-9H,2-7H2,1H3,(H,13,16)(H,17,18)(H2,14,15,19). The van der Waals surface area contributed by atoms with Crippen LogP contribution in [0.15, 0.2) is 0 Å². The van der Waals surface area contributed by atoms with Gasteiger partial charge in [0.2, 0.25) is 5.91 Å². The number of aliphatic carboxylic acids is 1. The minimum absolute atomic E-state index is 0.00552. The number of carboxylic acid groups (broad SMARTS) is 1. The second-order valence-electron chi connectivity index (χ2n) is 4.77. The SMILES string of the molecule is CCC(CNC(=O)NC1CCC(=O)NC1)CC(=O)O. The Bertz CT molecular complexity index is 336. The zero-order valence-electron chi connectivity index (χ0n) is 11.1. The van der Waals surface area contributed by atoms with Crippen LogP contribution < -0.4 is 16.0 Å². The average Bonchev–Trinajstić information content (AvgIpc) is 2.37. The number of urea groups is 1. The molecule has 0 aliphatic carbocycles. The van der Waals surface area contributed by atoms with Crippen LogP contribution in [0.1, 0.15) is 32.6 Å². The van der Waals surface area contributed by atoms with E-state index in [2.05, 4.69) is 16.0 Å². The number of amides is 3. The summed E-state index contributed by atoms with van der Waals surface area (Å²) in [7, 11) is 0. The molecule has 0 spiro atoms. The van der Waals surface area contributed by atoms with Gasteiger partial charge in [0.25, 0.3) is 0 Å². The molecule has 1 fully saturated rings. The van der Waals surface area contributed by atoms with E-state index in [0.29, 0.717) is 32.4 Å². The fourth-order valence-electron chi connectivity index (χ4n) is 1.94. The highest BCUT2D eigenvalue weighted by molar-refractivity contribution is 5.78. The van der Waals surface area contributed by atoms with Crippen molar-refractivity contribution in [2.45, 2.75) is 38.6 Å². The Labute approximate surface area is 112 Å². The summed E-state index contributed by atoms with van der Waals surface area (Å²) < 4.78 is 0. The lowest BCUT2D eigenvalue weighted by molar-refractivity contribution is -0.138. The Morgan fingerprint density at radius 1 is 1.53 bits per heavy atom. The lowest BCUT2D eigenvalue weighted by atomic mass is 10.0. The molecule has 1 heterocycles. The van der Waals surface area contributed by atoms with Gasteiger partial charge in [0.1, 0.15) is 0 Å². The first-order valence-corrected chi connectivity index (χ1v) is 6.54. The van der Waals surface area contributed by atoms with E-state index in [0.717, 1.165) is 0 Å². The molecule has 2 atom stereocenters. The molecular weight excluding hydrogens is 250 g/mol. The van der Waals surface area contributed by atoms with Crippen molar-refractivity contribution in [1.29, 1.82) is 0 Å². The zero-order valence-corrected chi connectivity index (χ0v) is 11.1. The molecule has 1 aliphatic heterocycles. The predicted molar refractivity (Wildman–Crippen MR) is 68.6 cm³/mol. The van der Waals surface area contributed by atoms with Crippen molar-refractivity contribution < 1.29 is 19.5 Å². The first-order valence-electron chi connectivity index (χ1n) is 6.54. The molecule has 3 amide bonds. The number of carboxylic acids is 1. The molecule has 1 aliphatic rings. The van der Waals surface area contributed by atoms with E-state index in [1.807, 2.05) is 6.92 Å². The lowest BCUT2D eigenvalue weighted by Gasteiger charge is -2.24. The van der Waals surface area contributed by atoms with Crippen LogP contribution in [0.5, 0.6) is 0 Å². The van der Waals surface area contributed by atoms with Gasteiger partial charge in [0.15, 0.2) is 0 Å². The van der Waals surface area contributed by atoms with E-state index in [1.54, 1.807) is 0 Å². The molecule has 1 saturated heterocycles. The maximum Gasteiger partial charge on any atom is 0.315 e. The largest absolute Gasteiger partial charge is 0.481 e. The van der Waals surface area contributed by atoms with Crippen LogP contribution >= 0.6 is 0 Å². The van der Waals surface area contributed by atoms with Gasteiger partial charge in [-0.3, -0.25) is 9.59 Å². The average molecular weight is 271 g/mol. The number of carbonyl (C=O) groups excluding carboxylic acids is 2. The maximum atomic E-state index is 11.6. The van der Waals surface area contributed by atoms with Crippen LogP contribution in [0.3, 0.4) is 0 Å². The van der Waals surface area contributed by atoms with Crippen LogP contribution in [0.4, 0.5) is 4.79 Å². The van der Waals surface area contributed by atoms with E-state index < -0.39 is 5.97 Å². The van der Waals surface area contributed by atoms with E-state index >= 15 is 0 Å². The van der Waals surface area contributed by atoms with Crippen LogP contribution in [0.2, 0.25) is 0 Å². The molecule has 0 aromatic rings. The number of nitrogens with one attached hydrogen (secondary N) is 3. The molecule has 7 nitrogen and oxygen atoms in total. The first-order chi connectivity index (χ1) is 9.01. The molecule has 0 aromatic carbocycles. The second kappa shape index (κ2) is 7.60. The minimum Gasteiger partial charge on any atom is -0.481 e. The zero-order chi connectivity index (χ0) is 14.3. The van der Waals surface area contributed by atoms with Gasteiger partial charge in [0.05, 0.1) is 0 Å². The molecule has 0 aromatic heterocycles. The molecule has 7 heteroatoms. The van der Waals surface area contributed by atoms with Gasteiger partial charge >= 0.3 is 12.0 Å². The second-order valence-corrected chi connectivity index (χ2v) is 4.77. The Morgan fingerprint density at radius 2 is 2.26 bits per heavy atom. The Balaban J connectivity index is 2.23. The predicted octanol–water partition coefficient (Wildman–Crippen LogP) is 0.0651. The van der Waals surface area contributed by atoms with Gasteiger partial charge < -0.3 is 21.1 Å². The van der Waals surface area contributed by atoms with Crippen molar-refractivity contribution in [2.75, 3.05) is 13.1 Å². The summed E-state index contributed by atoms with van der Waals surface area (Å²) in [6.45, 7) is 2.68. The fourth-order valence-corrected chi connectivity index (χ4v) is 1.94. The summed E-state index contributed by atoms with van der Waals surface area (Å²) >= 11 is 0. The third-order valence-electron chi connectivity index (χ3n) is 3.19. The van der Waals surface area contributed by atoms with Crippen molar-refractivity contribution in [3.05, 3.63) is 0 Å². The van der Waals surface area contributed by atoms with E-state index in [1.165, 1.54) is 0 Å². The van der Waals surface area contributed by atoms with Crippen molar-refractivity contribution >= 4 is 17.9 Å². The van der Waals surface area contributed by atoms with Crippen LogP contribution in [0.25, 0.3) is 0 Å².